The molecule has 2 rings (SSSR count). The monoisotopic (exact) mass is 363 g/mol. The summed E-state index contributed by atoms with van der Waals surface area (Å²) < 4.78 is 0. The zero-order valence-corrected chi connectivity index (χ0v) is 14.4. The molecule has 124 valence electrons. The minimum atomic E-state index is -0.864. The van der Waals surface area contributed by atoms with Crippen molar-refractivity contribution in [3.8, 4) is 0 Å². The normalized spacial score (nSPS) is 10.6. The first kappa shape index (κ1) is 18.0. The number of hydrogen-bond acceptors (Lipinski definition) is 3. The van der Waals surface area contributed by atoms with E-state index in [1.807, 2.05) is 19.1 Å². The quantitative estimate of drug-likeness (QED) is 0.494. The highest BCUT2D eigenvalue weighted by Gasteiger charge is 2.14. The van der Waals surface area contributed by atoms with Crippen molar-refractivity contribution in [3.63, 3.8) is 0 Å². The molecule has 0 radical (unpaired) electrons. The summed E-state index contributed by atoms with van der Waals surface area (Å²) in [5.74, 6) is -1.65. The van der Waals surface area contributed by atoms with Crippen molar-refractivity contribution in [1.82, 2.24) is 5.43 Å². The highest BCUT2D eigenvalue weighted by Crippen LogP contribution is 2.21. The molecule has 0 atom stereocenters. The average molecular weight is 364 g/mol. The molecule has 0 aliphatic heterocycles. The maximum Gasteiger partial charge on any atom is 0.329 e. The summed E-state index contributed by atoms with van der Waals surface area (Å²) in [6, 6.07) is 12.2. The maximum absolute atomic E-state index is 11.9. The summed E-state index contributed by atoms with van der Waals surface area (Å²) in [5, 5.41) is 7.09. The molecular formula is C17H15Cl2N3O2. The zero-order valence-electron chi connectivity index (χ0n) is 12.8. The van der Waals surface area contributed by atoms with Crippen molar-refractivity contribution < 1.29 is 9.59 Å². The number of benzene rings is 2. The molecule has 0 aliphatic carbocycles. The van der Waals surface area contributed by atoms with Crippen LogP contribution in [0, 0.1) is 0 Å². The molecule has 0 aliphatic rings. The number of aryl methyl sites for hydroxylation is 1. The van der Waals surface area contributed by atoms with Crippen molar-refractivity contribution in [1.29, 1.82) is 0 Å². The smallest absolute Gasteiger partial charge is 0.317 e. The molecule has 0 spiro atoms. The summed E-state index contributed by atoms with van der Waals surface area (Å²) in [4.78, 5) is 23.7. The van der Waals surface area contributed by atoms with Gasteiger partial charge in [-0.2, -0.15) is 5.10 Å². The first-order valence-corrected chi connectivity index (χ1v) is 7.94. The lowest BCUT2D eigenvalue weighted by atomic mass is 10.1. The third kappa shape index (κ3) is 4.81. The van der Waals surface area contributed by atoms with Crippen LogP contribution in [0.2, 0.25) is 10.0 Å². The first-order chi connectivity index (χ1) is 11.5. The number of rotatable bonds is 4. The van der Waals surface area contributed by atoms with Gasteiger partial charge in [-0.15, -0.1) is 0 Å². The predicted octanol–water partition coefficient (Wildman–Crippen LogP) is 3.64. The van der Waals surface area contributed by atoms with E-state index in [2.05, 4.69) is 15.8 Å². The third-order valence-corrected chi connectivity index (χ3v) is 3.92. The van der Waals surface area contributed by atoms with Gasteiger partial charge in [-0.05, 0) is 35.7 Å². The predicted molar refractivity (Wildman–Crippen MR) is 96.6 cm³/mol. The van der Waals surface area contributed by atoms with E-state index in [0.717, 1.165) is 12.0 Å². The lowest BCUT2D eigenvalue weighted by Crippen LogP contribution is -2.32. The number of hydrogen-bond donors (Lipinski definition) is 2. The van der Waals surface area contributed by atoms with E-state index in [-0.39, 0.29) is 0 Å². The molecular weight excluding hydrogens is 349 g/mol. The Hall–Kier alpha value is -2.37. The Morgan fingerprint density at radius 1 is 1.08 bits per heavy atom. The summed E-state index contributed by atoms with van der Waals surface area (Å²) in [6.45, 7) is 1.96. The van der Waals surface area contributed by atoms with Crippen LogP contribution in [0.25, 0.3) is 0 Å². The van der Waals surface area contributed by atoms with Crippen molar-refractivity contribution in [2.45, 2.75) is 13.3 Å². The van der Waals surface area contributed by atoms with E-state index in [9.17, 15) is 9.59 Å². The molecule has 2 N–H and O–H groups in total. The average Bonchev–Trinajstić information content (AvgIpc) is 2.58. The molecule has 24 heavy (non-hydrogen) atoms. The molecule has 0 saturated heterocycles. The summed E-state index contributed by atoms with van der Waals surface area (Å²) in [5.41, 5.74) is 4.35. The van der Waals surface area contributed by atoms with Crippen LogP contribution in [0.5, 0.6) is 0 Å². The summed E-state index contributed by atoms with van der Waals surface area (Å²) >= 11 is 11.7. The lowest BCUT2D eigenvalue weighted by Gasteiger charge is -2.08. The number of nitrogens with one attached hydrogen (secondary N) is 2. The van der Waals surface area contributed by atoms with E-state index in [4.69, 9.17) is 23.2 Å². The fourth-order valence-corrected chi connectivity index (χ4v) is 2.25. The number of carbonyl (C=O) groups is 2. The van der Waals surface area contributed by atoms with E-state index in [0.29, 0.717) is 21.3 Å². The van der Waals surface area contributed by atoms with Crippen LogP contribution >= 0.6 is 23.2 Å². The van der Waals surface area contributed by atoms with Gasteiger partial charge in [0.2, 0.25) is 0 Å². The van der Waals surface area contributed by atoms with Gasteiger partial charge in [0.15, 0.2) is 0 Å². The molecule has 0 bridgehead atoms. The van der Waals surface area contributed by atoms with Crippen molar-refractivity contribution in [2.75, 3.05) is 5.32 Å². The van der Waals surface area contributed by atoms with Gasteiger partial charge < -0.3 is 5.32 Å². The molecule has 2 aromatic rings. The molecule has 5 nitrogen and oxygen atoms in total. The second-order valence-corrected chi connectivity index (χ2v) is 5.65. The van der Waals surface area contributed by atoms with Crippen LogP contribution in [0.1, 0.15) is 18.1 Å². The van der Waals surface area contributed by atoms with Crippen LogP contribution in [0.15, 0.2) is 47.6 Å². The molecule has 0 unspecified atom stereocenters. The van der Waals surface area contributed by atoms with Crippen molar-refractivity contribution in [2.24, 2.45) is 5.10 Å². The van der Waals surface area contributed by atoms with Gasteiger partial charge in [0, 0.05) is 5.69 Å². The van der Waals surface area contributed by atoms with E-state index in [1.54, 1.807) is 30.3 Å². The SMILES string of the molecule is CCc1ccccc1NC(=O)C(=O)NN=Cc1ccc(Cl)c(Cl)c1. The fourth-order valence-electron chi connectivity index (χ4n) is 1.94. The minimum Gasteiger partial charge on any atom is -0.317 e. The molecule has 0 saturated carbocycles. The Labute approximate surface area is 149 Å². The number of amides is 2. The first-order valence-electron chi connectivity index (χ1n) is 7.18. The van der Waals surface area contributed by atoms with Crippen LogP contribution in [0.4, 0.5) is 5.69 Å². The largest absolute Gasteiger partial charge is 0.329 e. The number of halogens is 2. The van der Waals surface area contributed by atoms with Crippen LogP contribution < -0.4 is 10.7 Å². The number of hydrazone groups is 1. The van der Waals surface area contributed by atoms with Crippen molar-refractivity contribution >= 4 is 46.9 Å². The molecule has 0 heterocycles. The topological polar surface area (TPSA) is 70.6 Å². The Bertz CT molecular complexity index is 791. The van der Waals surface area contributed by atoms with Gasteiger partial charge in [-0.25, -0.2) is 5.43 Å². The maximum atomic E-state index is 11.9. The second kappa shape index (κ2) is 8.47. The second-order valence-electron chi connectivity index (χ2n) is 4.84. The number of anilines is 1. The highest BCUT2D eigenvalue weighted by molar-refractivity contribution is 6.42. The van der Waals surface area contributed by atoms with E-state index in [1.165, 1.54) is 6.21 Å². The van der Waals surface area contributed by atoms with Gasteiger partial charge in [0.25, 0.3) is 0 Å². The zero-order chi connectivity index (χ0) is 17.5. The molecule has 7 heteroatoms. The summed E-state index contributed by atoms with van der Waals surface area (Å²) in [6.07, 6.45) is 2.11. The van der Waals surface area contributed by atoms with Gasteiger partial charge in [0.1, 0.15) is 0 Å². The third-order valence-electron chi connectivity index (χ3n) is 3.18. The molecule has 0 aromatic heterocycles. The van der Waals surface area contributed by atoms with Crippen molar-refractivity contribution in [3.05, 3.63) is 63.6 Å². The van der Waals surface area contributed by atoms with Gasteiger partial charge in [-0.1, -0.05) is 54.4 Å². The Morgan fingerprint density at radius 2 is 1.83 bits per heavy atom. The van der Waals surface area contributed by atoms with Crippen LogP contribution in [-0.4, -0.2) is 18.0 Å². The number of para-hydroxylation sites is 1. The fraction of sp³-hybridized carbons (Fsp3) is 0.118. The highest BCUT2D eigenvalue weighted by atomic mass is 35.5. The van der Waals surface area contributed by atoms with Crippen LogP contribution in [0.3, 0.4) is 0 Å². The Balaban J connectivity index is 1.95. The molecule has 2 amide bonds. The van der Waals surface area contributed by atoms with E-state index < -0.39 is 11.8 Å². The molecule has 0 fully saturated rings. The standard InChI is InChI=1S/C17H15Cl2N3O2/c1-2-12-5-3-4-6-15(12)21-16(23)17(24)22-20-10-11-7-8-13(18)14(19)9-11/h3-10H,2H2,1H3,(H,21,23)(H,22,24). The number of nitrogens with zero attached hydrogens (tertiary/aromatic N) is 1. The molecule has 2 aromatic carbocycles. The van der Waals surface area contributed by atoms with Gasteiger partial charge in [0.05, 0.1) is 16.3 Å². The number of carbonyl (C=O) groups excluding carboxylic acids is 2. The summed E-state index contributed by atoms with van der Waals surface area (Å²) in [7, 11) is 0. The van der Waals surface area contributed by atoms with Gasteiger partial charge >= 0.3 is 11.8 Å². The van der Waals surface area contributed by atoms with E-state index >= 15 is 0 Å². The Morgan fingerprint density at radius 3 is 2.54 bits per heavy atom. The lowest BCUT2D eigenvalue weighted by molar-refractivity contribution is -0.136. The van der Waals surface area contributed by atoms with Gasteiger partial charge in [-0.3, -0.25) is 9.59 Å². The minimum absolute atomic E-state index is 0.376. The Kier molecular flexibility index (Phi) is 6.35. The van der Waals surface area contributed by atoms with Crippen LogP contribution in [-0.2, 0) is 16.0 Å².